The van der Waals surface area contributed by atoms with Crippen LogP contribution in [-0.4, -0.2) is 47.4 Å². The summed E-state index contributed by atoms with van der Waals surface area (Å²) in [6.45, 7) is 3.15. The van der Waals surface area contributed by atoms with Gasteiger partial charge in [-0.25, -0.2) is 4.99 Å². The molecule has 6 N–H and O–H groups in total. The standard InChI is InChI=1S/C27H33N5O3/c1-2-10-32(11-12-33)25(34)20-14-19-6-7-21(16-23(19)31-24(29)15-20)27(8-9-27)26(35)30-17-18-4-3-5-22(28)13-18/h3-7,13-14,16,33H,2,8-12,15,17,28H2,1H3,(H2,29,31)(H,30,35). The maximum Gasteiger partial charge on any atom is 0.250 e. The van der Waals surface area contributed by atoms with E-state index in [4.69, 9.17) is 11.5 Å². The molecule has 1 aliphatic heterocycles. The Morgan fingerprint density at radius 1 is 1.14 bits per heavy atom. The molecule has 1 aliphatic carbocycles. The Morgan fingerprint density at radius 3 is 2.63 bits per heavy atom. The van der Waals surface area contributed by atoms with E-state index >= 15 is 0 Å². The third kappa shape index (κ3) is 5.38. The third-order valence-electron chi connectivity index (χ3n) is 6.56. The average Bonchev–Trinajstić information content (AvgIpc) is 3.66. The van der Waals surface area contributed by atoms with Gasteiger partial charge in [0.1, 0.15) is 5.84 Å². The molecule has 184 valence electrons. The average molecular weight is 476 g/mol. The van der Waals surface area contributed by atoms with Crippen molar-refractivity contribution in [3.63, 3.8) is 0 Å². The highest BCUT2D eigenvalue weighted by molar-refractivity contribution is 6.05. The summed E-state index contributed by atoms with van der Waals surface area (Å²) in [6.07, 6.45) is 4.38. The van der Waals surface area contributed by atoms with Gasteiger partial charge in [0.25, 0.3) is 0 Å². The molecule has 35 heavy (non-hydrogen) atoms. The molecule has 2 aliphatic rings. The van der Waals surface area contributed by atoms with Crippen LogP contribution in [0.1, 0.15) is 49.3 Å². The fourth-order valence-electron chi connectivity index (χ4n) is 4.56. The van der Waals surface area contributed by atoms with E-state index < -0.39 is 5.41 Å². The van der Waals surface area contributed by atoms with Gasteiger partial charge in [0.2, 0.25) is 11.8 Å². The number of aliphatic hydroxyl groups is 1. The Bertz CT molecular complexity index is 1180. The fraction of sp³-hybridized carbons (Fsp3) is 0.370. The van der Waals surface area contributed by atoms with Crippen LogP contribution in [0.5, 0.6) is 0 Å². The number of aliphatic imine (C=N–C) groups is 1. The first-order chi connectivity index (χ1) is 16.9. The summed E-state index contributed by atoms with van der Waals surface area (Å²) in [4.78, 5) is 32.4. The van der Waals surface area contributed by atoms with Crippen LogP contribution < -0.4 is 16.8 Å². The molecule has 1 heterocycles. The summed E-state index contributed by atoms with van der Waals surface area (Å²) in [5, 5.41) is 12.4. The Morgan fingerprint density at radius 2 is 1.94 bits per heavy atom. The van der Waals surface area contributed by atoms with E-state index in [-0.39, 0.29) is 31.4 Å². The van der Waals surface area contributed by atoms with E-state index in [1.54, 1.807) is 4.90 Å². The Labute approximate surface area is 205 Å². The monoisotopic (exact) mass is 475 g/mol. The molecule has 2 aromatic carbocycles. The number of aliphatic hydroxyl groups excluding tert-OH is 1. The second-order valence-electron chi connectivity index (χ2n) is 9.25. The van der Waals surface area contributed by atoms with Gasteiger partial charge in [-0.15, -0.1) is 0 Å². The summed E-state index contributed by atoms with van der Waals surface area (Å²) in [7, 11) is 0. The number of amidine groups is 1. The van der Waals surface area contributed by atoms with E-state index in [9.17, 15) is 14.7 Å². The number of fused-ring (bicyclic) bond motifs is 1. The molecule has 1 fully saturated rings. The molecule has 8 nitrogen and oxygen atoms in total. The van der Waals surface area contributed by atoms with Gasteiger partial charge in [0.05, 0.1) is 17.7 Å². The van der Waals surface area contributed by atoms with Crippen LogP contribution in [0.2, 0.25) is 0 Å². The van der Waals surface area contributed by atoms with Crippen LogP contribution in [0.3, 0.4) is 0 Å². The Kier molecular flexibility index (Phi) is 7.21. The van der Waals surface area contributed by atoms with Crippen molar-refractivity contribution in [3.8, 4) is 0 Å². The smallest absolute Gasteiger partial charge is 0.250 e. The van der Waals surface area contributed by atoms with E-state index in [2.05, 4.69) is 10.3 Å². The lowest BCUT2D eigenvalue weighted by atomic mass is 9.92. The maximum absolute atomic E-state index is 13.1. The van der Waals surface area contributed by atoms with Crippen molar-refractivity contribution in [3.05, 3.63) is 64.7 Å². The number of hydrogen-bond donors (Lipinski definition) is 4. The quantitative estimate of drug-likeness (QED) is 0.414. The summed E-state index contributed by atoms with van der Waals surface area (Å²) >= 11 is 0. The van der Waals surface area contributed by atoms with Crippen LogP contribution in [-0.2, 0) is 21.5 Å². The van der Waals surface area contributed by atoms with Crippen molar-refractivity contribution in [1.82, 2.24) is 10.2 Å². The maximum atomic E-state index is 13.1. The molecule has 4 rings (SSSR count). The van der Waals surface area contributed by atoms with Gasteiger partial charge < -0.3 is 26.8 Å². The van der Waals surface area contributed by atoms with Crippen molar-refractivity contribution in [2.24, 2.45) is 10.7 Å². The van der Waals surface area contributed by atoms with Crippen molar-refractivity contribution in [2.75, 3.05) is 25.4 Å². The van der Waals surface area contributed by atoms with E-state index in [1.807, 2.05) is 55.5 Å². The number of benzene rings is 2. The molecule has 2 amide bonds. The van der Waals surface area contributed by atoms with Gasteiger partial charge >= 0.3 is 0 Å². The highest BCUT2D eigenvalue weighted by Crippen LogP contribution is 2.49. The molecule has 0 atom stereocenters. The number of nitrogens with one attached hydrogen (secondary N) is 1. The lowest BCUT2D eigenvalue weighted by molar-refractivity contribution is -0.127. The summed E-state index contributed by atoms with van der Waals surface area (Å²) in [5.41, 5.74) is 16.0. The van der Waals surface area contributed by atoms with Gasteiger partial charge in [-0.3, -0.25) is 9.59 Å². The molecule has 0 radical (unpaired) electrons. The molecule has 0 spiro atoms. The Balaban J connectivity index is 1.55. The SMILES string of the molecule is CCCN(CCO)C(=O)C1=Cc2ccc(C3(C(=O)NCc4cccc(N)c4)CC3)cc2N=C(N)C1. The van der Waals surface area contributed by atoms with E-state index in [0.717, 1.165) is 36.0 Å². The molecule has 0 bridgehead atoms. The Hall–Kier alpha value is -3.65. The zero-order valence-corrected chi connectivity index (χ0v) is 20.1. The van der Waals surface area contributed by atoms with Crippen LogP contribution in [0.4, 0.5) is 11.4 Å². The van der Waals surface area contributed by atoms with Gasteiger partial charge in [0.15, 0.2) is 0 Å². The first-order valence-corrected chi connectivity index (χ1v) is 12.1. The minimum absolute atomic E-state index is 0.0175. The predicted molar refractivity (Wildman–Crippen MR) is 138 cm³/mol. The zero-order valence-electron chi connectivity index (χ0n) is 20.1. The number of carbonyl (C=O) groups excluding carboxylic acids is 2. The van der Waals surface area contributed by atoms with Crippen molar-refractivity contribution in [1.29, 1.82) is 0 Å². The molecule has 0 unspecified atom stereocenters. The van der Waals surface area contributed by atoms with Gasteiger partial charge in [-0.1, -0.05) is 31.2 Å². The minimum Gasteiger partial charge on any atom is -0.399 e. The van der Waals surface area contributed by atoms with Crippen molar-refractivity contribution < 1.29 is 14.7 Å². The normalized spacial score (nSPS) is 15.8. The second kappa shape index (κ2) is 10.3. The molecule has 1 saturated carbocycles. The molecule has 8 heteroatoms. The summed E-state index contributed by atoms with van der Waals surface area (Å²) in [6, 6.07) is 13.2. The lowest BCUT2D eigenvalue weighted by Crippen LogP contribution is -2.36. The third-order valence-corrected chi connectivity index (χ3v) is 6.56. The first kappa shape index (κ1) is 24.5. The van der Waals surface area contributed by atoms with Gasteiger partial charge in [-0.05, 0) is 54.7 Å². The number of rotatable bonds is 9. The summed E-state index contributed by atoms with van der Waals surface area (Å²) < 4.78 is 0. The number of carbonyl (C=O) groups is 2. The van der Waals surface area contributed by atoms with Crippen molar-refractivity contribution >= 4 is 35.1 Å². The number of nitrogen functional groups attached to an aromatic ring is 1. The lowest BCUT2D eigenvalue weighted by Gasteiger charge is -2.22. The number of amides is 2. The molecule has 0 saturated heterocycles. The number of nitrogens with two attached hydrogens (primary N) is 2. The second-order valence-corrected chi connectivity index (χ2v) is 9.25. The number of anilines is 1. The molecule has 0 aromatic heterocycles. The van der Waals surface area contributed by atoms with Crippen molar-refractivity contribution in [2.45, 2.75) is 44.6 Å². The fourth-order valence-corrected chi connectivity index (χ4v) is 4.56. The topological polar surface area (TPSA) is 134 Å². The predicted octanol–water partition coefficient (Wildman–Crippen LogP) is 2.62. The molecular formula is C27H33N5O3. The zero-order chi connectivity index (χ0) is 25.0. The summed E-state index contributed by atoms with van der Waals surface area (Å²) in [5.74, 6) is 0.184. The van der Waals surface area contributed by atoms with Crippen LogP contribution in [0.25, 0.3) is 6.08 Å². The van der Waals surface area contributed by atoms with E-state index in [0.29, 0.717) is 35.9 Å². The molecule has 2 aromatic rings. The van der Waals surface area contributed by atoms with Crippen LogP contribution in [0, 0.1) is 0 Å². The highest BCUT2D eigenvalue weighted by Gasteiger charge is 2.51. The number of nitrogens with zero attached hydrogens (tertiary/aromatic N) is 2. The minimum atomic E-state index is -0.576. The van der Waals surface area contributed by atoms with Crippen LogP contribution in [0.15, 0.2) is 53.0 Å². The van der Waals surface area contributed by atoms with Crippen LogP contribution >= 0.6 is 0 Å². The number of hydrogen-bond acceptors (Lipinski definition) is 6. The van der Waals surface area contributed by atoms with Gasteiger partial charge in [-0.2, -0.15) is 0 Å². The van der Waals surface area contributed by atoms with Gasteiger partial charge in [0, 0.05) is 42.9 Å². The van der Waals surface area contributed by atoms with E-state index in [1.165, 1.54) is 0 Å². The highest BCUT2D eigenvalue weighted by atomic mass is 16.3. The first-order valence-electron chi connectivity index (χ1n) is 12.1. The largest absolute Gasteiger partial charge is 0.399 e. The molecular weight excluding hydrogens is 442 g/mol.